The van der Waals surface area contributed by atoms with Crippen LogP contribution in [0.1, 0.15) is 57.5 Å². The van der Waals surface area contributed by atoms with E-state index in [2.05, 4.69) is 0 Å². The summed E-state index contributed by atoms with van der Waals surface area (Å²) in [6.45, 7) is 3.70. The average Bonchev–Trinajstić information content (AvgIpc) is 3.09. The normalized spacial score (nSPS) is 26.6. The van der Waals surface area contributed by atoms with Crippen LogP contribution in [-0.4, -0.2) is 31.4 Å². The van der Waals surface area contributed by atoms with Crippen molar-refractivity contribution in [2.45, 2.75) is 25.7 Å². The highest BCUT2D eigenvalue weighted by molar-refractivity contribution is 6.04. The Morgan fingerprint density at radius 1 is 1.03 bits per heavy atom. The summed E-state index contributed by atoms with van der Waals surface area (Å²) in [5.41, 5.74) is 2.82. The predicted molar refractivity (Wildman–Crippen MR) is 105 cm³/mol. The highest BCUT2D eigenvalue weighted by Crippen LogP contribution is 2.53. The maximum atomic E-state index is 13.4. The summed E-state index contributed by atoms with van der Waals surface area (Å²) < 4.78 is 24.7. The molecule has 4 nitrogen and oxygen atoms in total. The minimum Gasteiger partial charge on any atom is -0.492 e. The lowest BCUT2D eigenvalue weighted by Gasteiger charge is -2.13. The lowest BCUT2D eigenvalue weighted by atomic mass is 9.88. The summed E-state index contributed by atoms with van der Waals surface area (Å²) >= 11 is 0. The number of benzene rings is 2. The molecule has 2 heterocycles. The Balaban J connectivity index is 1.49. The Hall–Kier alpha value is -2.53. The van der Waals surface area contributed by atoms with E-state index in [1.165, 1.54) is 12.1 Å². The zero-order valence-corrected chi connectivity index (χ0v) is 16.3. The topological polar surface area (TPSA) is 52.6 Å². The van der Waals surface area contributed by atoms with Crippen LogP contribution in [0.5, 0.6) is 5.75 Å². The molecule has 4 atom stereocenters. The zero-order chi connectivity index (χ0) is 20.1. The molecule has 1 saturated carbocycles. The Bertz CT molecular complexity index is 971. The number of Topliss-reactive ketones (excluding diaryl/α,β-unsaturated/α-hetero) is 2. The molecule has 2 aliphatic heterocycles. The monoisotopic (exact) mass is 394 g/mol. The van der Waals surface area contributed by atoms with E-state index in [-0.39, 0.29) is 23.3 Å². The van der Waals surface area contributed by atoms with E-state index < -0.39 is 0 Å². The van der Waals surface area contributed by atoms with E-state index in [1.54, 1.807) is 25.1 Å². The summed E-state index contributed by atoms with van der Waals surface area (Å²) in [5.74, 6) is 1.63. The highest BCUT2D eigenvalue weighted by atomic mass is 19.1. The summed E-state index contributed by atoms with van der Waals surface area (Å²) in [6, 6.07) is 9.90. The van der Waals surface area contributed by atoms with Crippen molar-refractivity contribution in [3.8, 4) is 5.75 Å². The Labute approximate surface area is 169 Å². The number of hydrogen-bond acceptors (Lipinski definition) is 4. The van der Waals surface area contributed by atoms with E-state index in [1.807, 2.05) is 6.07 Å². The van der Waals surface area contributed by atoms with Gasteiger partial charge in [-0.25, -0.2) is 4.39 Å². The van der Waals surface area contributed by atoms with Crippen LogP contribution in [0.15, 0.2) is 36.4 Å². The molecule has 150 valence electrons. The SMILES string of the molecule is CCC(=O)c1cc(C(=O)CC2[C@H]3COC[C@@H]23)cc2c1OCC2c1ccc(F)cc1. The van der Waals surface area contributed by atoms with Crippen molar-refractivity contribution in [2.24, 2.45) is 17.8 Å². The van der Waals surface area contributed by atoms with Gasteiger partial charge < -0.3 is 9.47 Å². The Morgan fingerprint density at radius 2 is 1.76 bits per heavy atom. The molecular weight excluding hydrogens is 371 g/mol. The first-order chi connectivity index (χ1) is 14.1. The van der Waals surface area contributed by atoms with Crippen molar-refractivity contribution in [2.75, 3.05) is 19.8 Å². The second kappa shape index (κ2) is 7.06. The fourth-order valence-corrected chi connectivity index (χ4v) is 4.85. The fraction of sp³-hybridized carbons (Fsp3) is 0.417. The molecule has 1 aliphatic carbocycles. The van der Waals surface area contributed by atoms with Gasteiger partial charge in [0.2, 0.25) is 0 Å². The van der Waals surface area contributed by atoms with Gasteiger partial charge in [0.25, 0.3) is 0 Å². The van der Waals surface area contributed by atoms with Gasteiger partial charge in [-0.1, -0.05) is 19.1 Å². The average molecular weight is 394 g/mol. The van der Waals surface area contributed by atoms with Gasteiger partial charge in [-0.15, -0.1) is 0 Å². The van der Waals surface area contributed by atoms with Gasteiger partial charge in [0.15, 0.2) is 11.6 Å². The number of carbonyl (C=O) groups excluding carboxylic acids is 2. The largest absolute Gasteiger partial charge is 0.492 e. The van der Waals surface area contributed by atoms with E-state index in [0.29, 0.717) is 54.1 Å². The number of hydrogen-bond donors (Lipinski definition) is 0. The summed E-state index contributed by atoms with van der Waals surface area (Å²) in [7, 11) is 0. The molecule has 2 aromatic rings. The molecule has 2 fully saturated rings. The molecule has 0 spiro atoms. The third-order valence-electron chi connectivity index (χ3n) is 6.65. The molecule has 1 saturated heterocycles. The third kappa shape index (κ3) is 3.18. The second-order valence-corrected chi connectivity index (χ2v) is 8.29. The summed E-state index contributed by atoms with van der Waals surface area (Å²) in [6.07, 6.45) is 0.845. The smallest absolute Gasteiger partial charge is 0.166 e. The maximum absolute atomic E-state index is 13.4. The van der Waals surface area contributed by atoms with Crippen molar-refractivity contribution in [1.82, 2.24) is 0 Å². The molecule has 0 N–H and O–H groups in total. The van der Waals surface area contributed by atoms with Gasteiger partial charge >= 0.3 is 0 Å². The number of ether oxygens (including phenoxy) is 2. The van der Waals surface area contributed by atoms with Crippen molar-refractivity contribution in [3.63, 3.8) is 0 Å². The molecule has 29 heavy (non-hydrogen) atoms. The van der Waals surface area contributed by atoms with Crippen molar-refractivity contribution in [3.05, 3.63) is 64.5 Å². The van der Waals surface area contributed by atoms with Crippen LogP contribution in [0, 0.1) is 23.6 Å². The number of fused-ring (bicyclic) bond motifs is 2. The minimum atomic E-state index is -0.294. The van der Waals surface area contributed by atoms with Crippen LogP contribution in [0.3, 0.4) is 0 Å². The Kier molecular flexibility index (Phi) is 4.50. The molecule has 0 radical (unpaired) electrons. The molecule has 0 bridgehead atoms. The summed E-state index contributed by atoms with van der Waals surface area (Å²) in [4.78, 5) is 25.6. The quantitative estimate of drug-likeness (QED) is 0.681. The Morgan fingerprint density at radius 3 is 2.45 bits per heavy atom. The van der Waals surface area contributed by atoms with E-state index in [9.17, 15) is 14.0 Å². The molecule has 5 heteroatoms. The van der Waals surface area contributed by atoms with E-state index in [4.69, 9.17) is 9.47 Å². The third-order valence-corrected chi connectivity index (χ3v) is 6.65. The molecular formula is C24H23FO4. The standard InChI is InChI=1S/C24H23FO4/c1-2-22(26)18-8-14(23(27)9-16-20-10-28-11-21(16)20)7-17-19(12-29-24(17)18)13-3-5-15(25)6-4-13/h3-8,16,19-21H,2,9-12H2,1H3/t16?,19?,20-,21+. The minimum absolute atomic E-state index is 0.0349. The second-order valence-electron chi connectivity index (χ2n) is 8.29. The van der Waals surface area contributed by atoms with E-state index >= 15 is 0 Å². The van der Waals surface area contributed by atoms with Crippen LogP contribution in [0.4, 0.5) is 4.39 Å². The van der Waals surface area contributed by atoms with Crippen LogP contribution >= 0.6 is 0 Å². The fourth-order valence-electron chi connectivity index (χ4n) is 4.85. The molecule has 2 aromatic carbocycles. The highest BCUT2D eigenvalue weighted by Gasteiger charge is 2.54. The number of halogens is 1. The zero-order valence-electron chi connectivity index (χ0n) is 16.3. The van der Waals surface area contributed by atoms with E-state index in [0.717, 1.165) is 24.3 Å². The molecule has 3 aliphatic rings. The van der Waals surface area contributed by atoms with Crippen molar-refractivity contribution >= 4 is 11.6 Å². The molecule has 2 unspecified atom stereocenters. The van der Waals surface area contributed by atoms with Gasteiger partial charge in [0.05, 0.1) is 25.4 Å². The lowest BCUT2D eigenvalue weighted by molar-refractivity contribution is 0.0951. The first kappa shape index (κ1) is 18.5. The summed E-state index contributed by atoms with van der Waals surface area (Å²) in [5, 5.41) is 0. The first-order valence-corrected chi connectivity index (χ1v) is 10.3. The number of rotatable bonds is 6. The van der Waals surface area contributed by atoms with Crippen LogP contribution in [0.25, 0.3) is 0 Å². The van der Waals surface area contributed by atoms with Crippen molar-refractivity contribution in [1.29, 1.82) is 0 Å². The first-order valence-electron chi connectivity index (χ1n) is 10.3. The molecule has 5 rings (SSSR count). The maximum Gasteiger partial charge on any atom is 0.166 e. The molecule has 0 amide bonds. The van der Waals surface area contributed by atoms with Gasteiger partial charge in [0, 0.05) is 29.9 Å². The number of carbonyl (C=O) groups is 2. The van der Waals surface area contributed by atoms with Crippen LogP contribution < -0.4 is 4.74 Å². The van der Waals surface area contributed by atoms with Gasteiger partial charge in [-0.2, -0.15) is 0 Å². The lowest BCUT2D eigenvalue weighted by Crippen LogP contribution is -2.09. The number of ketones is 2. The van der Waals surface area contributed by atoms with Crippen LogP contribution in [-0.2, 0) is 4.74 Å². The van der Waals surface area contributed by atoms with Crippen LogP contribution in [0.2, 0.25) is 0 Å². The van der Waals surface area contributed by atoms with Gasteiger partial charge in [0.1, 0.15) is 11.6 Å². The predicted octanol–water partition coefficient (Wildman–Crippen LogP) is 4.41. The van der Waals surface area contributed by atoms with Gasteiger partial charge in [-0.05, 0) is 47.6 Å². The van der Waals surface area contributed by atoms with Crippen molar-refractivity contribution < 1.29 is 23.5 Å². The molecule has 0 aromatic heterocycles. The van der Waals surface area contributed by atoms with Gasteiger partial charge in [-0.3, -0.25) is 9.59 Å².